The summed E-state index contributed by atoms with van der Waals surface area (Å²) in [6.45, 7) is 0.985. The van der Waals surface area contributed by atoms with Crippen molar-refractivity contribution in [3.05, 3.63) is 58.5 Å². The molecule has 3 heterocycles. The highest BCUT2D eigenvalue weighted by atomic mass is 32.2. The number of benzene rings is 2. The molecule has 0 saturated heterocycles. The number of carbonyl (C=O) groups excluding carboxylic acids is 1. The topological polar surface area (TPSA) is 91.7 Å². The molecule has 3 aromatic rings. The summed E-state index contributed by atoms with van der Waals surface area (Å²) >= 11 is 2.73. The number of aromatic nitrogens is 2. The number of nitrogens with zero attached hydrogens (tertiary/aromatic N) is 2. The number of hydrogen-bond acceptors (Lipinski definition) is 8. The predicted molar refractivity (Wildman–Crippen MR) is 128 cm³/mol. The summed E-state index contributed by atoms with van der Waals surface area (Å²) in [5.41, 5.74) is 1.86. The van der Waals surface area contributed by atoms with Crippen molar-refractivity contribution in [2.24, 2.45) is 0 Å². The number of thioether (sulfide) groups is 2. The van der Waals surface area contributed by atoms with E-state index >= 15 is 0 Å². The fourth-order valence-electron chi connectivity index (χ4n) is 3.66. The Morgan fingerprint density at radius 3 is 2.88 bits per heavy atom. The number of hydrogen-bond donors (Lipinski definition) is 1. The molecule has 2 aliphatic heterocycles. The lowest BCUT2D eigenvalue weighted by molar-refractivity contribution is -0.113. The van der Waals surface area contributed by atoms with Crippen LogP contribution in [-0.4, -0.2) is 47.3 Å². The van der Waals surface area contributed by atoms with Gasteiger partial charge in [-0.15, -0.1) is 11.8 Å². The van der Waals surface area contributed by atoms with Gasteiger partial charge >= 0.3 is 0 Å². The van der Waals surface area contributed by atoms with Crippen molar-refractivity contribution in [1.82, 2.24) is 9.55 Å². The van der Waals surface area contributed by atoms with E-state index in [4.69, 9.17) is 19.2 Å². The van der Waals surface area contributed by atoms with Gasteiger partial charge in [-0.3, -0.25) is 14.2 Å². The fourth-order valence-corrected chi connectivity index (χ4v) is 5.51. The Hall–Kier alpha value is -3.11. The van der Waals surface area contributed by atoms with E-state index in [1.807, 2.05) is 18.2 Å². The first kappa shape index (κ1) is 21.7. The maximum absolute atomic E-state index is 13.3. The molecule has 0 saturated carbocycles. The third-order valence-electron chi connectivity index (χ3n) is 5.15. The van der Waals surface area contributed by atoms with Gasteiger partial charge in [0.25, 0.3) is 5.56 Å². The molecule has 1 amide bonds. The van der Waals surface area contributed by atoms with Gasteiger partial charge in [0.1, 0.15) is 19.0 Å². The summed E-state index contributed by atoms with van der Waals surface area (Å²) in [6.07, 6.45) is 0.735. The van der Waals surface area contributed by atoms with E-state index in [0.717, 1.165) is 17.9 Å². The SMILES string of the molecule is COc1ccccc1-n1c(SCC(=O)Nc2ccc3c(c2)OCCO3)nc2c(c1=O)SCC2. The zero-order chi connectivity index (χ0) is 22.8. The number of para-hydroxylation sites is 2. The Labute approximate surface area is 198 Å². The average molecular weight is 484 g/mol. The first-order valence-corrected chi connectivity index (χ1v) is 12.4. The van der Waals surface area contributed by atoms with Crippen LogP contribution in [0.15, 0.2) is 57.3 Å². The first-order valence-electron chi connectivity index (χ1n) is 10.4. The summed E-state index contributed by atoms with van der Waals surface area (Å²) in [5.74, 6) is 2.52. The molecule has 0 bridgehead atoms. The number of nitrogens with one attached hydrogen (secondary N) is 1. The average Bonchev–Trinajstić information content (AvgIpc) is 3.32. The maximum Gasteiger partial charge on any atom is 0.272 e. The van der Waals surface area contributed by atoms with Gasteiger partial charge in [0.15, 0.2) is 16.7 Å². The van der Waals surface area contributed by atoms with Crippen LogP contribution < -0.4 is 25.1 Å². The highest BCUT2D eigenvalue weighted by Crippen LogP contribution is 2.34. The highest BCUT2D eigenvalue weighted by molar-refractivity contribution is 8.00. The van der Waals surface area contributed by atoms with Crippen LogP contribution in [0.2, 0.25) is 0 Å². The molecule has 0 aliphatic carbocycles. The molecule has 170 valence electrons. The van der Waals surface area contributed by atoms with Crippen LogP contribution in [0.4, 0.5) is 5.69 Å². The van der Waals surface area contributed by atoms with Gasteiger partial charge < -0.3 is 19.5 Å². The van der Waals surface area contributed by atoms with E-state index < -0.39 is 0 Å². The smallest absolute Gasteiger partial charge is 0.272 e. The van der Waals surface area contributed by atoms with Crippen LogP contribution in [0, 0.1) is 0 Å². The van der Waals surface area contributed by atoms with Crippen molar-refractivity contribution in [1.29, 1.82) is 0 Å². The molecule has 33 heavy (non-hydrogen) atoms. The minimum Gasteiger partial charge on any atom is -0.495 e. The van der Waals surface area contributed by atoms with Gasteiger partial charge in [-0.25, -0.2) is 4.98 Å². The van der Waals surface area contributed by atoms with Crippen LogP contribution in [0.1, 0.15) is 5.69 Å². The highest BCUT2D eigenvalue weighted by Gasteiger charge is 2.24. The molecular weight excluding hydrogens is 462 g/mol. The standard InChI is InChI=1S/C23H21N3O5S2/c1-29-17-5-3-2-4-16(17)26-22(28)21-15(8-11-32-21)25-23(26)33-13-20(27)24-14-6-7-18-19(12-14)31-10-9-30-18/h2-7,12H,8-11,13H2,1H3,(H,24,27). The summed E-state index contributed by atoms with van der Waals surface area (Å²) < 4.78 is 18.1. The number of carbonyl (C=O) groups is 1. The van der Waals surface area contributed by atoms with E-state index in [1.165, 1.54) is 28.1 Å². The maximum atomic E-state index is 13.3. The third-order valence-corrected chi connectivity index (χ3v) is 7.20. The Morgan fingerprint density at radius 2 is 2.03 bits per heavy atom. The lowest BCUT2D eigenvalue weighted by Crippen LogP contribution is -2.25. The van der Waals surface area contributed by atoms with Gasteiger partial charge in [0.2, 0.25) is 5.91 Å². The van der Waals surface area contributed by atoms with E-state index in [2.05, 4.69) is 5.32 Å². The molecule has 1 N–H and O–H groups in total. The number of anilines is 1. The van der Waals surface area contributed by atoms with Crippen molar-refractivity contribution in [3.63, 3.8) is 0 Å². The second-order valence-electron chi connectivity index (χ2n) is 7.28. The predicted octanol–water partition coefficient (Wildman–Crippen LogP) is 3.39. The number of fused-ring (bicyclic) bond motifs is 2. The van der Waals surface area contributed by atoms with Gasteiger partial charge in [0, 0.05) is 23.9 Å². The second-order valence-corrected chi connectivity index (χ2v) is 9.32. The van der Waals surface area contributed by atoms with Crippen LogP contribution >= 0.6 is 23.5 Å². The molecule has 0 radical (unpaired) electrons. The van der Waals surface area contributed by atoms with E-state index in [-0.39, 0.29) is 17.2 Å². The van der Waals surface area contributed by atoms with E-state index in [0.29, 0.717) is 51.9 Å². The van der Waals surface area contributed by atoms with Gasteiger partial charge in [-0.2, -0.15) is 0 Å². The Kier molecular flexibility index (Phi) is 6.19. The van der Waals surface area contributed by atoms with E-state index in [9.17, 15) is 9.59 Å². The molecule has 0 spiro atoms. The molecule has 2 aliphatic rings. The minimum atomic E-state index is -0.215. The summed E-state index contributed by atoms with van der Waals surface area (Å²) in [4.78, 5) is 31.4. The summed E-state index contributed by atoms with van der Waals surface area (Å²) in [6, 6.07) is 12.6. The van der Waals surface area contributed by atoms with Crippen LogP contribution in [0.3, 0.4) is 0 Å². The van der Waals surface area contributed by atoms with E-state index in [1.54, 1.807) is 31.4 Å². The van der Waals surface area contributed by atoms with Crippen LogP contribution in [-0.2, 0) is 11.2 Å². The largest absolute Gasteiger partial charge is 0.495 e. The number of aryl methyl sites for hydroxylation is 1. The quantitative estimate of drug-likeness (QED) is 0.421. The first-order chi connectivity index (χ1) is 16.1. The molecule has 0 unspecified atom stereocenters. The van der Waals surface area contributed by atoms with Gasteiger partial charge in [0.05, 0.1) is 29.1 Å². The van der Waals surface area contributed by atoms with Crippen LogP contribution in [0.25, 0.3) is 5.69 Å². The Balaban J connectivity index is 1.40. The normalized spacial score (nSPS) is 14.0. The lowest BCUT2D eigenvalue weighted by atomic mass is 10.2. The molecule has 0 fully saturated rings. The monoisotopic (exact) mass is 483 g/mol. The van der Waals surface area contributed by atoms with Crippen molar-refractivity contribution in [3.8, 4) is 22.9 Å². The fraction of sp³-hybridized carbons (Fsp3) is 0.261. The number of methoxy groups -OCH3 is 1. The Morgan fingerprint density at radius 1 is 1.21 bits per heavy atom. The molecule has 0 atom stereocenters. The molecule has 10 heteroatoms. The minimum absolute atomic E-state index is 0.0853. The zero-order valence-electron chi connectivity index (χ0n) is 17.8. The Bertz CT molecular complexity index is 1280. The molecule has 5 rings (SSSR count). The zero-order valence-corrected chi connectivity index (χ0v) is 19.5. The van der Waals surface area contributed by atoms with Gasteiger partial charge in [-0.1, -0.05) is 23.9 Å². The van der Waals surface area contributed by atoms with Gasteiger partial charge in [-0.05, 0) is 24.3 Å². The molecule has 2 aromatic carbocycles. The van der Waals surface area contributed by atoms with Crippen LogP contribution in [0.5, 0.6) is 17.2 Å². The van der Waals surface area contributed by atoms with Crippen molar-refractivity contribution < 1.29 is 19.0 Å². The lowest BCUT2D eigenvalue weighted by Gasteiger charge is -2.19. The molecule has 1 aromatic heterocycles. The molecule has 8 nitrogen and oxygen atoms in total. The van der Waals surface area contributed by atoms with Crippen molar-refractivity contribution >= 4 is 35.1 Å². The summed E-state index contributed by atoms with van der Waals surface area (Å²) in [5, 5.41) is 3.33. The number of amides is 1. The van der Waals surface area contributed by atoms with Crippen molar-refractivity contribution in [2.75, 3.05) is 37.1 Å². The summed E-state index contributed by atoms with van der Waals surface area (Å²) in [7, 11) is 1.56. The number of ether oxygens (including phenoxy) is 3. The second kappa shape index (κ2) is 9.40. The number of rotatable bonds is 6. The third kappa shape index (κ3) is 4.40. The molecular formula is C23H21N3O5S2. The van der Waals surface area contributed by atoms with Crippen molar-refractivity contribution in [2.45, 2.75) is 16.5 Å².